The Morgan fingerprint density at radius 1 is 1.25 bits per heavy atom. The molecule has 0 heterocycles. The van der Waals surface area contributed by atoms with E-state index in [1.807, 2.05) is 0 Å². The van der Waals surface area contributed by atoms with Gasteiger partial charge in [0, 0.05) is 11.6 Å². The molecule has 0 radical (unpaired) electrons. The van der Waals surface area contributed by atoms with E-state index in [4.69, 9.17) is 27.5 Å². The van der Waals surface area contributed by atoms with Crippen LogP contribution in [0.2, 0.25) is 5.02 Å². The molecule has 3 N–H and O–H groups in total. The fourth-order valence-electron chi connectivity index (χ4n) is 1.49. The second-order valence-corrected chi connectivity index (χ2v) is 5.03. The third-order valence-electron chi connectivity index (χ3n) is 2.46. The lowest BCUT2D eigenvalue weighted by Crippen LogP contribution is -2.12. The van der Waals surface area contributed by atoms with Gasteiger partial charge in [-0.3, -0.25) is 5.41 Å². The van der Waals surface area contributed by atoms with Crippen molar-refractivity contribution in [1.29, 1.82) is 5.41 Å². The number of nitrogen functional groups attached to an aromatic ring is 1. The molecule has 104 valence electrons. The van der Waals surface area contributed by atoms with Crippen LogP contribution in [0.5, 0.6) is 11.5 Å². The summed E-state index contributed by atoms with van der Waals surface area (Å²) in [7, 11) is 0. The molecule has 0 aliphatic rings. The molecule has 2 aromatic rings. The highest BCUT2D eigenvalue weighted by Crippen LogP contribution is 2.32. The molecule has 0 amide bonds. The van der Waals surface area contributed by atoms with Crippen molar-refractivity contribution in [2.45, 2.75) is 0 Å². The molecule has 7 heteroatoms. The molecule has 0 aromatic heterocycles. The van der Waals surface area contributed by atoms with Gasteiger partial charge >= 0.3 is 0 Å². The minimum Gasteiger partial charge on any atom is -0.454 e. The minimum atomic E-state index is -0.710. The number of rotatable bonds is 3. The van der Waals surface area contributed by atoms with Crippen molar-refractivity contribution in [3.63, 3.8) is 0 Å². The number of hydrogen-bond acceptors (Lipinski definition) is 2. The number of nitrogens with one attached hydrogen (secondary N) is 1. The molecule has 0 saturated carbocycles. The molecule has 0 aliphatic carbocycles. The number of halogens is 4. The summed E-state index contributed by atoms with van der Waals surface area (Å²) in [6.45, 7) is 0. The van der Waals surface area contributed by atoms with Crippen LogP contribution in [-0.4, -0.2) is 5.84 Å². The summed E-state index contributed by atoms with van der Waals surface area (Å²) in [4.78, 5) is 0. The third kappa shape index (κ3) is 2.91. The average molecular weight is 362 g/mol. The van der Waals surface area contributed by atoms with Crippen LogP contribution in [0, 0.1) is 17.0 Å². The fourth-order valence-corrected chi connectivity index (χ4v) is 2.20. The first kappa shape index (κ1) is 14.7. The van der Waals surface area contributed by atoms with Gasteiger partial charge in [0.25, 0.3) is 0 Å². The highest BCUT2D eigenvalue weighted by atomic mass is 79.9. The topological polar surface area (TPSA) is 59.1 Å². The van der Waals surface area contributed by atoms with Gasteiger partial charge in [-0.05, 0) is 40.2 Å². The Morgan fingerprint density at radius 3 is 2.55 bits per heavy atom. The molecule has 2 aromatic carbocycles. The van der Waals surface area contributed by atoms with E-state index in [-0.39, 0.29) is 32.4 Å². The second-order valence-electron chi connectivity index (χ2n) is 3.83. The van der Waals surface area contributed by atoms with Crippen LogP contribution < -0.4 is 10.5 Å². The lowest BCUT2D eigenvalue weighted by molar-refractivity contribution is 0.439. The standard InChI is InChI=1S/C13H8BrClF2N2O/c14-11-7(13(18)19)2-4-10(12(11)17)20-6-1-3-9(16)8(15)5-6/h1-5H,(H3,18,19). The highest BCUT2D eigenvalue weighted by Gasteiger charge is 2.15. The molecule has 0 saturated heterocycles. The molecule has 0 unspecified atom stereocenters. The Hall–Kier alpha value is -1.66. The molecule has 20 heavy (non-hydrogen) atoms. The third-order valence-corrected chi connectivity index (χ3v) is 3.52. The van der Waals surface area contributed by atoms with E-state index in [9.17, 15) is 8.78 Å². The number of benzene rings is 2. The maximum absolute atomic E-state index is 14.1. The van der Waals surface area contributed by atoms with Crippen LogP contribution in [0.1, 0.15) is 5.56 Å². The molecule has 0 spiro atoms. The van der Waals surface area contributed by atoms with E-state index in [2.05, 4.69) is 15.9 Å². The summed E-state index contributed by atoms with van der Waals surface area (Å²) in [6.07, 6.45) is 0. The second kappa shape index (κ2) is 5.76. The maximum Gasteiger partial charge on any atom is 0.180 e. The SMILES string of the molecule is N=C(N)c1ccc(Oc2ccc(F)c(Cl)c2)c(F)c1Br. The van der Waals surface area contributed by atoms with E-state index in [1.165, 1.54) is 24.3 Å². The Balaban J connectivity index is 2.37. The summed E-state index contributed by atoms with van der Waals surface area (Å²) in [6, 6.07) is 6.45. The Kier molecular flexibility index (Phi) is 4.25. The Labute approximate surface area is 126 Å². The fraction of sp³-hybridized carbons (Fsp3) is 0. The normalized spacial score (nSPS) is 10.4. The summed E-state index contributed by atoms with van der Waals surface area (Å²) >= 11 is 8.62. The van der Waals surface area contributed by atoms with Gasteiger partial charge < -0.3 is 10.5 Å². The zero-order chi connectivity index (χ0) is 14.9. The van der Waals surface area contributed by atoms with Gasteiger partial charge in [-0.15, -0.1) is 0 Å². The van der Waals surface area contributed by atoms with Crippen molar-refractivity contribution in [2.24, 2.45) is 5.73 Å². The smallest absolute Gasteiger partial charge is 0.180 e. The summed E-state index contributed by atoms with van der Waals surface area (Å²) in [5.74, 6) is -1.47. The van der Waals surface area contributed by atoms with Gasteiger partial charge in [-0.25, -0.2) is 8.78 Å². The van der Waals surface area contributed by atoms with Gasteiger partial charge in [0.15, 0.2) is 11.6 Å². The van der Waals surface area contributed by atoms with Crippen molar-refractivity contribution in [2.75, 3.05) is 0 Å². The number of ether oxygens (including phenoxy) is 1. The van der Waals surface area contributed by atoms with Crippen molar-refractivity contribution in [3.8, 4) is 11.5 Å². The quantitative estimate of drug-likeness (QED) is 0.626. The predicted octanol–water partition coefficient (Wildman–Crippen LogP) is 4.46. The van der Waals surface area contributed by atoms with Gasteiger partial charge in [-0.2, -0.15) is 0 Å². The first-order valence-electron chi connectivity index (χ1n) is 5.35. The lowest BCUT2D eigenvalue weighted by atomic mass is 10.2. The van der Waals surface area contributed by atoms with E-state index < -0.39 is 11.6 Å². The average Bonchev–Trinajstić information content (AvgIpc) is 2.39. The van der Waals surface area contributed by atoms with E-state index in [1.54, 1.807) is 0 Å². The number of amidine groups is 1. The summed E-state index contributed by atoms with van der Waals surface area (Å²) < 4.78 is 32.4. The Bertz CT molecular complexity index is 694. The van der Waals surface area contributed by atoms with Crippen molar-refractivity contribution in [1.82, 2.24) is 0 Å². The van der Waals surface area contributed by atoms with Crippen molar-refractivity contribution in [3.05, 3.63) is 57.0 Å². The molecular formula is C13H8BrClF2N2O. The zero-order valence-electron chi connectivity index (χ0n) is 9.88. The van der Waals surface area contributed by atoms with E-state index >= 15 is 0 Å². The first-order valence-corrected chi connectivity index (χ1v) is 6.52. The van der Waals surface area contributed by atoms with Crippen molar-refractivity contribution < 1.29 is 13.5 Å². The van der Waals surface area contributed by atoms with E-state index in [0.717, 1.165) is 6.07 Å². The van der Waals surface area contributed by atoms with Gasteiger partial charge in [0.05, 0.1) is 9.50 Å². The molecule has 0 bridgehead atoms. The van der Waals surface area contributed by atoms with Crippen LogP contribution in [0.3, 0.4) is 0 Å². The minimum absolute atomic E-state index is 0.0238. The van der Waals surface area contributed by atoms with E-state index in [0.29, 0.717) is 0 Å². The largest absolute Gasteiger partial charge is 0.454 e. The maximum atomic E-state index is 14.1. The molecule has 0 atom stereocenters. The molecule has 3 nitrogen and oxygen atoms in total. The summed E-state index contributed by atoms with van der Waals surface area (Å²) in [5.41, 5.74) is 5.52. The van der Waals surface area contributed by atoms with Gasteiger partial charge in [0.1, 0.15) is 17.4 Å². The zero-order valence-corrected chi connectivity index (χ0v) is 12.2. The Morgan fingerprint density at radius 2 is 1.95 bits per heavy atom. The van der Waals surface area contributed by atoms with Crippen LogP contribution in [0.4, 0.5) is 8.78 Å². The lowest BCUT2D eigenvalue weighted by Gasteiger charge is -2.10. The van der Waals surface area contributed by atoms with Gasteiger partial charge in [-0.1, -0.05) is 11.6 Å². The van der Waals surface area contributed by atoms with Gasteiger partial charge in [0.2, 0.25) is 0 Å². The van der Waals surface area contributed by atoms with Crippen LogP contribution in [-0.2, 0) is 0 Å². The van der Waals surface area contributed by atoms with Crippen LogP contribution in [0.15, 0.2) is 34.8 Å². The van der Waals surface area contributed by atoms with Crippen molar-refractivity contribution >= 4 is 33.4 Å². The molecule has 0 aliphatic heterocycles. The molecule has 2 rings (SSSR count). The van der Waals surface area contributed by atoms with Crippen LogP contribution >= 0.6 is 27.5 Å². The highest BCUT2D eigenvalue weighted by molar-refractivity contribution is 9.10. The number of nitrogens with two attached hydrogens (primary N) is 1. The monoisotopic (exact) mass is 360 g/mol. The van der Waals surface area contributed by atoms with Crippen LogP contribution in [0.25, 0.3) is 0 Å². The first-order chi connectivity index (χ1) is 9.40. The summed E-state index contributed by atoms with van der Waals surface area (Å²) in [5, 5.41) is 7.17. The number of hydrogen-bond donors (Lipinski definition) is 2. The molecular weight excluding hydrogens is 354 g/mol. The molecule has 0 fully saturated rings. The predicted molar refractivity (Wildman–Crippen MR) is 76.6 cm³/mol.